The number of nitrogens with zero attached hydrogens (tertiary/aromatic N) is 1. The van der Waals surface area contributed by atoms with Crippen molar-refractivity contribution in [2.24, 2.45) is 0 Å². The highest BCUT2D eigenvalue weighted by atomic mass is 28.4. The molecule has 1 unspecified atom stereocenters. The van der Waals surface area contributed by atoms with Crippen LogP contribution in [0.15, 0.2) is 0 Å². The molecule has 0 heterocycles. The van der Waals surface area contributed by atoms with Crippen molar-refractivity contribution < 1.29 is 18.8 Å². The number of hydrogen-bond acceptors (Lipinski definition) is 5. The minimum absolute atomic E-state index is 0.00504. The van der Waals surface area contributed by atoms with Gasteiger partial charge in [0.15, 0.2) is 8.32 Å². The van der Waals surface area contributed by atoms with E-state index in [0.29, 0.717) is 0 Å². The molecule has 0 aliphatic heterocycles. The lowest BCUT2D eigenvalue weighted by Crippen LogP contribution is -2.44. The molecule has 0 spiro atoms. The number of Topliss-reactive ketones (excluding diaryl/α,β-unsaturated/α-hetero) is 1. The summed E-state index contributed by atoms with van der Waals surface area (Å²) < 4.78 is 11.3. The maximum atomic E-state index is 12.1. The normalized spacial score (nSPS) is 14.0. The van der Waals surface area contributed by atoms with Gasteiger partial charge in [0, 0.05) is 6.42 Å². The van der Waals surface area contributed by atoms with Crippen LogP contribution in [-0.4, -0.2) is 31.8 Å². The van der Waals surface area contributed by atoms with Gasteiger partial charge in [0.05, 0.1) is 18.6 Å². The standard InChI is InChI=1S/C17H31NO4Si/c1-16(2,3)21-15(20)12-13(19)11-14(9-10-18)22-23(7,8)17(4,5)6/h14H,9,11-12H2,1-8H3. The Kier molecular flexibility index (Phi) is 7.65. The average Bonchev–Trinajstić information content (AvgIpc) is 2.23. The summed E-state index contributed by atoms with van der Waals surface area (Å²) in [6, 6.07) is 2.07. The highest BCUT2D eigenvalue weighted by molar-refractivity contribution is 6.74. The first-order valence-electron chi connectivity index (χ1n) is 7.96. The Hall–Kier alpha value is -1.19. The molecule has 0 rings (SSSR count). The van der Waals surface area contributed by atoms with Crippen LogP contribution < -0.4 is 0 Å². The number of ketones is 1. The maximum absolute atomic E-state index is 12.1. The molecule has 23 heavy (non-hydrogen) atoms. The van der Waals surface area contributed by atoms with Crippen molar-refractivity contribution >= 4 is 20.1 Å². The Morgan fingerprint density at radius 1 is 1.13 bits per heavy atom. The molecule has 0 bridgehead atoms. The zero-order chi connectivity index (χ0) is 18.5. The van der Waals surface area contributed by atoms with Crippen LogP contribution in [0.25, 0.3) is 0 Å². The SMILES string of the molecule is CC(C)(C)OC(=O)CC(=O)CC(CC#N)O[Si](C)(C)C(C)(C)C. The van der Waals surface area contributed by atoms with Crippen molar-refractivity contribution in [3.8, 4) is 6.07 Å². The number of hydrogen-bond donors (Lipinski definition) is 0. The predicted molar refractivity (Wildman–Crippen MR) is 92.4 cm³/mol. The van der Waals surface area contributed by atoms with E-state index in [2.05, 4.69) is 39.9 Å². The molecular formula is C17H31NO4Si. The van der Waals surface area contributed by atoms with Crippen LogP contribution in [-0.2, 0) is 18.8 Å². The molecule has 0 radical (unpaired) electrons. The third kappa shape index (κ3) is 8.87. The van der Waals surface area contributed by atoms with E-state index in [1.807, 2.05) is 0 Å². The van der Waals surface area contributed by atoms with E-state index in [4.69, 9.17) is 14.4 Å². The van der Waals surface area contributed by atoms with Crippen LogP contribution in [0.2, 0.25) is 18.1 Å². The highest BCUT2D eigenvalue weighted by Crippen LogP contribution is 2.38. The Morgan fingerprint density at radius 2 is 1.65 bits per heavy atom. The fraction of sp³-hybridized carbons (Fsp3) is 0.824. The van der Waals surface area contributed by atoms with E-state index in [0.717, 1.165) is 0 Å². The van der Waals surface area contributed by atoms with Gasteiger partial charge >= 0.3 is 5.97 Å². The summed E-state index contributed by atoms with van der Waals surface area (Å²) in [6.07, 6.45) is -0.526. The van der Waals surface area contributed by atoms with Crippen molar-refractivity contribution in [3.63, 3.8) is 0 Å². The third-order valence-corrected chi connectivity index (χ3v) is 8.34. The van der Waals surface area contributed by atoms with Crippen LogP contribution in [0.5, 0.6) is 0 Å². The van der Waals surface area contributed by atoms with Crippen molar-refractivity contribution in [2.75, 3.05) is 0 Å². The number of ether oxygens (including phenoxy) is 1. The summed E-state index contributed by atoms with van der Waals surface area (Å²) in [4.78, 5) is 23.8. The van der Waals surface area contributed by atoms with Crippen LogP contribution in [0, 0.1) is 11.3 Å². The third-order valence-electron chi connectivity index (χ3n) is 3.80. The van der Waals surface area contributed by atoms with E-state index in [1.54, 1.807) is 20.8 Å². The Morgan fingerprint density at radius 3 is 2.04 bits per heavy atom. The molecule has 0 aliphatic rings. The molecule has 0 aromatic heterocycles. The summed E-state index contributed by atoms with van der Waals surface area (Å²) in [5.41, 5.74) is -0.610. The zero-order valence-corrected chi connectivity index (χ0v) is 16.8. The fourth-order valence-electron chi connectivity index (χ4n) is 1.72. The predicted octanol–water partition coefficient (Wildman–Crippen LogP) is 3.98. The lowest BCUT2D eigenvalue weighted by Gasteiger charge is -2.38. The number of nitriles is 1. The molecule has 6 heteroatoms. The number of rotatable bonds is 7. The van der Waals surface area contributed by atoms with Gasteiger partial charge in [0.25, 0.3) is 0 Å². The van der Waals surface area contributed by atoms with Gasteiger partial charge in [-0.3, -0.25) is 9.59 Å². The summed E-state index contributed by atoms with van der Waals surface area (Å²) in [7, 11) is -2.07. The van der Waals surface area contributed by atoms with Crippen LogP contribution >= 0.6 is 0 Å². The van der Waals surface area contributed by atoms with Crippen molar-refractivity contribution in [3.05, 3.63) is 0 Å². The van der Waals surface area contributed by atoms with Crippen LogP contribution in [0.3, 0.4) is 0 Å². The molecule has 0 saturated carbocycles. The van der Waals surface area contributed by atoms with Gasteiger partial charge in [-0.2, -0.15) is 5.26 Å². The van der Waals surface area contributed by atoms with Gasteiger partial charge in [-0.25, -0.2) is 0 Å². The molecule has 0 N–H and O–H groups in total. The van der Waals surface area contributed by atoms with Crippen molar-refractivity contribution in [2.45, 2.75) is 90.6 Å². The number of carbonyl (C=O) groups excluding carboxylic acids is 2. The highest BCUT2D eigenvalue weighted by Gasteiger charge is 2.39. The van der Waals surface area contributed by atoms with Gasteiger partial charge in [0.2, 0.25) is 0 Å². The second-order valence-electron chi connectivity index (χ2n) is 8.37. The lowest BCUT2D eigenvalue weighted by atomic mass is 10.1. The van der Waals surface area contributed by atoms with E-state index in [-0.39, 0.29) is 30.1 Å². The van der Waals surface area contributed by atoms with E-state index in [1.165, 1.54) is 0 Å². The van der Waals surface area contributed by atoms with E-state index < -0.39 is 26.0 Å². The van der Waals surface area contributed by atoms with Crippen molar-refractivity contribution in [1.29, 1.82) is 5.26 Å². The first kappa shape index (κ1) is 21.8. The van der Waals surface area contributed by atoms with Crippen molar-refractivity contribution in [1.82, 2.24) is 0 Å². The largest absolute Gasteiger partial charge is 0.460 e. The second kappa shape index (κ2) is 8.07. The first-order chi connectivity index (χ1) is 10.2. The van der Waals surface area contributed by atoms with E-state index in [9.17, 15) is 9.59 Å². The molecule has 132 valence electrons. The minimum atomic E-state index is -2.07. The molecular weight excluding hydrogens is 310 g/mol. The lowest BCUT2D eigenvalue weighted by molar-refractivity contribution is -0.156. The second-order valence-corrected chi connectivity index (χ2v) is 13.1. The van der Waals surface area contributed by atoms with Crippen LogP contribution in [0.1, 0.15) is 60.8 Å². The van der Waals surface area contributed by atoms with Gasteiger partial charge in [-0.05, 0) is 38.9 Å². The number of carbonyl (C=O) groups is 2. The van der Waals surface area contributed by atoms with Gasteiger partial charge < -0.3 is 9.16 Å². The van der Waals surface area contributed by atoms with E-state index >= 15 is 0 Å². The molecule has 1 atom stereocenters. The van der Waals surface area contributed by atoms with Gasteiger partial charge in [0.1, 0.15) is 17.8 Å². The molecule has 5 nitrogen and oxygen atoms in total. The molecule has 0 aromatic carbocycles. The molecule has 0 amide bonds. The summed E-state index contributed by atoms with van der Waals surface area (Å²) >= 11 is 0. The Labute approximate surface area is 141 Å². The molecule has 0 saturated heterocycles. The van der Waals surface area contributed by atoms with Gasteiger partial charge in [-0.15, -0.1) is 0 Å². The summed E-state index contributed by atoms with van der Waals surface area (Å²) in [6.45, 7) is 15.7. The zero-order valence-electron chi connectivity index (χ0n) is 15.8. The monoisotopic (exact) mass is 341 g/mol. The molecule has 0 aromatic rings. The fourth-order valence-corrected chi connectivity index (χ4v) is 3.07. The smallest absolute Gasteiger partial charge is 0.313 e. The maximum Gasteiger partial charge on any atom is 0.313 e. The molecule has 0 fully saturated rings. The topological polar surface area (TPSA) is 76.4 Å². The Bertz CT molecular complexity index is 466. The first-order valence-corrected chi connectivity index (χ1v) is 10.9. The Balaban J connectivity index is 4.74. The van der Waals surface area contributed by atoms with Gasteiger partial charge in [-0.1, -0.05) is 20.8 Å². The number of esters is 1. The molecule has 0 aliphatic carbocycles. The average molecular weight is 342 g/mol. The summed E-state index contributed by atoms with van der Waals surface area (Å²) in [5.74, 6) is -0.788. The summed E-state index contributed by atoms with van der Waals surface area (Å²) in [5, 5.41) is 8.96. The van der Waals surface area contributed by atoms with Crippen LogP contribution in [0.4, 0.5) is 0 Å². The quantitative estimate of drug-likeness (QED) is 0.398. The minimum Gasteiger partial charge on any atom is -0.460 e.